The van der Waals surface area contributed by atoms with Crippen molar-refractivity contribution >= 4 is 33.6 Å². The molecule has 0 aliphatic heterocycles. The van der Waals surface area contributed by atoms with Crippen molar-refractivity contribution in [1.82, 2.24) is 20.6 Å². The van der Waals surface area contributed by atoms with Crippen molar-refractivity contribution in [2.24, 2.45) is 5.73 Å². The second kappa shape index (κ2) is 10.2. The molecule has 166 valence electrons. The van der Waals surface area contributed by atoms with Crippen molar-refractivity contribution in [3.8, 4) is 0 Å². The first-order valence-corrected chi connectivity index (χ1v) is 11.0. The molecule has 0 radical (unpaired) electrons. The second-order valence-electron chi connectivity index (χ2n) is 7.98. The number of hydrogen-bond acceptors (Lipinski definition) is 3. The van der Waals surface area contributed by atoms with Crippen LogP contribution >= 0.6 is 0 Å². The summed E-state index contributed by atoms with van der Waals surface area (Å²) in [5.74, 6) is -0.335. The summed E-state index contributed by atoms with van der Waals surface area (Å²) in [4.78, 5) is 32.1. The van der Waals surface area contributed by atoms with Gasteiger partial charge in [0.05, 0.1) is 0 Å². The first-order valence-electron chi connectivity index (χ1n) is 11.0. The second-order valence-corrected chi connectivity index (χ2v) is 7.98. The van der Waals surface area contributed by atoms with Crippen molar-refractivity contribution in [2.45, 2.75) is 31.7 Å². The molecular formula is C25H29N5O2. The Kier molecular flexibility index (Phi) is 6.87. The summed E-state index contributed by atoms with van der Waals surface area (Å²) < 4.78 is 0. The fraction of sp³-hybridized carbons (Fsp3) is 0.280. The molecule has 2 amide bonds. The fourth-order valence-electron chi connectivity index (χ4n) is 4.02. The summed E-state index contributed by atoms with van der Waals surface area (Å²) in [5, 5.41) is 8.02. The molecule has 7 nitrogen and oxygen atoms in total. The number of amides is 2. The summed E-state index contributed by atoms with van der Waals surface area (Å²) in [6.07, 6.45) is 5.87. The number of hydrogen-bond donors (Lipinski definition) is 5. The van der Waals surface area contributed by atoms with Gasteiger partial charge in [0.25, 0.3) is 0 Å². The standard InChI is InChI=1S/C25H29N5O2/c26-12-5-13-27-25(32)23(14-18-16-29-22-9-4-2-7-20(18)22)30-24(31)11-10-17-15-28-21-8-3-1-6-19(17)21/h1-4,6-9,15-16,23,28-29H,5,10-14,26H2,(H,27,32)(H,30,31). The zero-order valence-electron chi connectivity index (χ0n) is 18.0. The molecule has 4 rings (SSSR count). The van der Waals surface area contributed by atoms with Crippen LogP contribution in [0.5, 0.6) is 0 Å². The predicted molar refractivity (Wildman–Crippen MR) is 127 cm³/mol. The molecule has 1 unspecified atom stereocenters. The molecule has 1 atom stereocenters. The normalized spacial score (nSPS) is 12.2. The maximum atomic E-state index is 12.8. The highest BCUT2D eigenvalue weighted by atomic mass is 16.2. The minimum Gasteiger partial charge on any atom is -0.361 e. The maximum Gasteiger partial charge on any atom is 0.242 e. The Bertz CT molecular complexity index is 1210. The Labute approximate surface area is 186 Å². The van der Waals surface area contributed by atoms with E-state index in [2.05, 4.69) is 20.6 Å². The lowest BCUT2D eigenvalue weighted by Crippen LogP contribution is -2.48. The number of para-hydroxylation sites is 2. The number of carbonyl (C=O) groups is 2. The van der Waals surface area contributed by atoms with Crippen LogP contribution in [0, 0.1) is 0 Å². The fourth-order valence-corrected chi connectivity index (χ4v) is 4.02. The lowest BCUT2D eigenvalue weighted by atomic mass is 10.0. The van der Waals surface area contributed by atoms with Crippen molar-refractivity contribution in [2.75, 3.05) is 13.1 Å². The molecule has 4 aromatic rings. The third-order valence-corrected chi connectivity index (χ3v) is 5.73. The molecule has 7 heteroatoms. The van der Waals surface area contributed by atoms with Crippen molar-refractivity contribution in [3.63, 3.8) is 0 Å². The van der Waals surface area contributed by atoms with E-state index in [1.807, 2.05) is 60.9 Å². The van der Waals surface area contributed by atoms with Gasteiger partial charge in [0, 0.05) is 53.6 Å². The van der Waals surface area contributed by atoms with Crippen LogP contribution in [-0.2, 0) is 22.4 Å². The van der Waals surface area contributed by atoms with Crippen LogP contribution in [0.1, 0.15) is 24.0 Å². The average Bonchev–Trinajstić information content (AvgIpc) is 3.41. The van der Waals surface area contributed by atoms with Crippen molar-refractivity contribution in [1.29, 1.82) is 0 Å². The van der Waals surface area contributed by atoms with E-state index >= 15 is 0 Å². The highest BCUT2D eigenvalue weighted by Gasteiger charge is 2.22. The molecular weight excluding hydrogens is 402 g/mol. The van der Waals surface area contributed by atoms with Crippen LogP contribution in [0.15, 0.2) is 60.9 Å². The first-order chi connectivity index (χ1) is 15.7. The van der Waals surface area contributed by atoms with Gasteiger partial charge in [-0.25, -0.2) is 0 Å². The zero-order chi connectivity index (χ0) is 22.3. The Balaban J connectivity index is 1.44. The summed E-state index contributed by atoms with van der Waals surface area (Å²) >= 11 is 0. The molecule has 2 aromatic carbocycles. The van der Waals surface area contributed by atoms with Gasteiger partial charge in [-0.15, -0.1) is 0 Å². The van der Waals surface area contributed by atoms with Crippen LogP contribution in [0.3, 0.4) is 0 Å². The van der Waals surface area contributed by atoms with Gasteiger partial charge in [-0.05, 0) is 42.6 Å². The highest BCUT2D eigenvalue weighted by Crippen LogP contribution is 2.20. The molecule has 32 heavy (non-hydrogen) atoms. The van der Waals surface area contributed by atoms with Crippen LogP contribution in [-0.4, -0.2) is 40.9 Å². The summed E-state index contributed by atoms with van der Waals surface area (Å²) in [6.45, 7) is 0.995. The van der Waals surface area contributed by atoms with E-state index in [9.17, 15) is 9.59 Å². The van der Waals surface area contributed by atoms with E-state index in [0.717, 1.165) is 32.9 Å². The molecule has 2 aromatic heterocycles. The van der Waals surface area contributed by atoms with Crippen LogP contribution in [0.2, 0.25) is 0 Å². The molecule has 0 aliphatic rings. The molecule has 6 N–H and O–H groups in total. The van der Waals surface area contributed by atoms with Gasteiger partial charge in [-0.3, -0.25) is 9.59 Å². The number of aromatic amines is 2. The van der Waals surface area contributed by atoms with Gasteiger partial charge < -0.3 is 26.3 Å². The number of nitrogens with two attached hydrogens (primary N) is 1. The van der Waals surface area contributed by atoms with Crippen LogP contribution in [0.4, 0.5) is 0 Å². The van der Waals surface area contributed by atoms with E-state index in [1.54, 1.807) is 0 Å². The largest absolute Gasteiger partial charge is 0.361 e. The Morgan fingerprint density at radius 1 is 0.906 bits per heavy atom. The summed E-state index contributed by atoms with van der Waals surface area (Å²) in [7, 11) is 0. The van der Waals surface area contributed by atoms with E-state index in [1.165, 1.54) is 0 Å². The number of rotatable bonds is 10. The summed E-state index contributed by atoms with van der Waals surface area (Å²) in [5.41, 5.74) is 9.70. The Morgan fingerprint density at radius 3 is 2.22 bits per heavy atom. The van der Waals surface area contributed by atoms with Crippen LogP contribution < -0.4 is 16.4 Å². The quantitative estimate of drug-likeness (QED) is 0.249. The van der Waals surface area contributed by atoms with Crippen LogP contribution in [0.25, 0.3) is 21.8 Å². The monoisotopic (exact) mass is 431 g/mol. The smallest absolute Gasteiger partial charge is 0.242 e. The van der Waals surface area contributed by atoms with E-state index in [4.69, 9.17) is 5.73 Å². The minimum absolute atomic E-state index is 0.144. The first kappa shape index (κ1) is 21.6. The van der Waals surface area contributed by atoms with Gasteiger partial charge in [0.15, 0.2) is 0 Å². The van der Waals surface area contributed by atoms with Gasteiger partial charge in [-0.2, -0.15) is 0 Å². The molecule has 0 saturated carbocycles. The number of aromatic nitrogens is 2. The maximum absolute atomic E-state index is 12.8. The predicted octanol–water partition coefficient (Wildman–Crippen LogP) is 2.77. The Morgan fingerprint density at radius 2 is 1.53 bits per heavy atom. The number of aryl methyl sites for hydroxylation is 1. The number of nitrogens with one attached hydrogen (secondary N) is 4. The summed E-state index contributed by atoms with van der Waals surface area (Å²) in [6, 6.07) is 15.3. The lowest BCUT2D eigenvalue weighted by molar-refractivity contribution is -0.129. The zero-order valence-corrected chi connectivity index (χ0v) is 18.0. The van der Waals surface area contributed by atoms with E-state index in [-0.39, 0.29) is 11.8 Å². The molecule has 0 fully saturated rings. The van der Waals surface area contributed by atoms with Gasteiger partial charge in [0.2, 0.25) is 11.8 Å². The van der Waals surface area contributed by atoms with Gasteiger partial charge in [0.1, 0.15) is 6.04 Å². The Hall–Kier alpha value is -3.58. The molecule has 0 spiro atoms. The number of benzene rings is 2. The minimum atomic E-state index is -0.651. The lowest BCUT2D eigenvalue weighted by Gasteiger charge is -2.18. The topological polar surface area (TPSA) is 116 Å². The van der Waals surface area contributed by atoms with E-state index < -0.39 is 6.04 Å². The average molecular weight is 432 g/mol. The van der Waals surface area contributed by atoms with E-state index in [0.29, 0.717) is 38.8 Å². The van der Waals surface area contributed by atoms with Crippen molar-refractivity contribution < 1.29 is 9.59 Å². The van der Waals surface area contributed by atoms with Crippen molar-refractivity contribution in [3.05, 3.63) is 72.1 Å². The third kappa shape index (κ3) is 5.00. The molecule has 0 saturated heterocycles. The third-order valence-electron chi connectivity index (χ3n) is 5.73. The molecule has 0 aliphatic carbocycles. The molecule has 0 bridgehead atoms. The SMILES string of the molecule is NCCCNC(=O)C(Cc1c[nH]c2ccccc12)NC(=O)CCc1c[nH]c2ccccc12. The molecule has 2 heterocycles. The van der Waals surface area contributed by atoms with Gasteiger partial charge in [-0.1, -0.05) is 36.4 Å². The number of carbonyl (C=O) groups excluding carboxylic acids is 2. The highest BCUT2D eigenvalue weighted by molar-refractivity contribution is 5.90. The number of fused-ring (bicyclic) bond motifs is 2. The van der Waals surface area contributed by atoms with Gasteiger partial charge >= 0.3 is 0 Å². The number of H-pyrrole nitrogens is 2.